The van der Waals surface area contributed by atoms with E-state index in [1.54, 1.807) is 18.2 Å². The molecule has 0 heterocycles. The Morgan fingerprint density at radius 3 is 2.38 bits per heavy atom. The molecule has 0 fully saturated rings. The second kappa shape index (κ2) is 13.0. The van der Waals surface area contributed by atoms with Crippen LogP contribution in [0.25, 0.3) is 0 Å². The number of nitrogens with one attached hydrogen (secondary N) is 2. The van der Waals surface area contributed by atoms with Crippen molar-refractivity contribution in [3.63, 3.8) is 0 Å². The summed E-state index contributed by atoms with van der Waals surface area (Å²) in [7, 11) is 2.07. The highest BCUT2D eigenvalue weighted by Gasteiger charge is 2.09. The first-order valence-corrected chi connectivity index (χ1v) is 8.56. The number of benzene rings is 1. The van der Waals surface area contributed by atoms with E-state index in [-0.39, 0.29) is 30.5 Å². The molecule has 0 amide bonds. The lowest BCUT2D eigenvalue weighted by Crippen LogP contribution is -2.41. The number of aliphatic imine (C=N–C) groups is 1. The van der Waals surface area contributed by atoms with Crippen molar-refractivity contribution < 1.29 is 5.11 Å². The van der Waals surface area contributed by atoms with Gasteiger partial charge in [0.25, 0.3) is 0 Å². The number of hydrogen-bond donors (Lipinski definition) is 3. The van der Waals surface area contributed by atoms with E-state index < -0.39 is 6.10 Å². The van der Waals surface area contributed by atoms with Crippen LogP contribution in [0.1, 0.15) is 25.5 Å². The first kappa shape index (κ1) is 23.7. The number of hydrogen-bond acceptors (Lipinski definition) is 3. The van der Waals surface area contributed by atoms with E-state index in [1.165, 1.54) is 0 Å². The molecule has 0 spiro atoms. The van der Waals surface area contributed by atoms with Gasteiger partial charge in [0, 0.05) is 29.7 Å². The quantitative estimate of drug-likeness (QED) is 0.299. The van der Waals surface area contributed by atoms with Gasteiger partial charge in [0.05, 0.1) is 12.6 Å². The van der Waals surface area contributed by atoms with Gasteiger partial charge in [-0.05, 0) is 44.3 Å². The van der Waals surface area contributed by atoms with Crippen molar-refractivity contribution in [1.82, 2.24) is 15.5 Å². The Bertz CT molecular complexity index is 497. The molecule has 0 saturated carbocycles. The largest absolute Gasteiger partial charge is 0.386 e. The van der Waals surface area contributed by atoms with Gasteiger partial charge in [0.1, 0.15) is 0 Å². The van der Waals surface area contributed by atoms with Crippen LogP contribution in [0.3, 0.4) is 0 Å². The molecular weight excluding hydrogens is 462 g/mol. The lowest BCUT2D eigenvalue weighted by Gasteiger charge is -2.17. The number of likely N-dealkylation sites (N-methyl/N-ethyl adjacent to an activating group) is 1. The van der Waals surface area contributed by atoms with Gasteiger partial charge in [-0.25, -0.2) is 0 Å². The van der Waals surface area contributed by atoms with E-state index in [4.69, 9.17) is 23.2 Å². The third-order valence-corrected chi connectivity index (χ3v) is 3.80. The molecule has 1 unspecified atom stereocenters. The Morgan fingerprint density at radius 2 is 1.83 bits per heavy atom. The molecule has 5 nitrogen and oxygen atoms in total. The van der Waals surface area contributed by atoms with Gasteiger partial charge in [-0.2, -0.15) is 0 Å². The second-order valence-electron chi connectivity index (χ2n) is 5.26. The average Bonchev–Trinajstić information content (AvgIpc) is 2.51. The highest BCUT2D eigenvalue weighted by molar-refractivity contribution is 14.0. The fourth-order valence-corrected chi connectivity index (χ4v) is 2.46. The van der Waals surface area contributed by atoms with E-state index in [2.05, 4.69) is 34.5 Å². The number of guanidine groups is 1. The molecule has 0 aromatic heterocycles. The standard InChI is InChI=1S/C16H26Cl2N4O.HI/c1-4-19-16(20-6-7-22(3)5-2)21-11-15(23)12-8-13(17)10-14(18)9-12;/h8-10,15,23H,4-7,11H2,1-3H3,(H2,19,20,21);1H. The van der Waals surface area contributed by atoms with Gasteiger partial charge in [-0.3, -0.25) is 4.99 Å². The normalized spacial score (nSPS) is 12.7. The molecule has 24 heavy (non-hydrogen) atoms. The molecule has 0 saturated heterocycles. The zero-order valence-electron chi connectivity index (χ0n) is 14.4. The highest BCUT2D eigenvalue weighted by Crippen LogP contribution is 2.23. The maximum Gasteiger partial charge on any atom is 0.191 e. The van der Waals surface area contributed by atoms with Crippen molar-refractivity contribution >= 4 is 53.1 Å². The number of rotatable bonds is 8. The SMILES string of the molecule is CCNC(=NCC(O)c1cc(Cl)cc(Cl)c1)NCCN(C)CC.I. The fraction of sp³-hybridized carbons (Fsp3) is 0.562. The van der Waals surface area contributed by atoms with Crippen molar-refractivity contribution in [2.24, 2.45) is 4.99 Å². The van der Waals surface area contributed by atoms with Crippen LogP contribution >= 0.6 is 47.2 Å². The van der Waals surface area contributed by atoms with Gasteiger partial charge in [0.15, 0.2) is 5.96 Å². The van der Waals surface area contributed by atoms with Gasteiger partial charge >= 0.3 is 0 Å². The maximum absolute atomic E-state index is 10.3. The van der Waals surface area contributed by atoms with Crippen LogP contribution in [-0.2, 0) is 0 Å². The zero-order valence-corrected chi connectivity index (χ0v) is 18.2. The minimum Gasteiger partial charge on any atom is -0.386 e. The molecular formula is C16H27Cl2IN4O. The van der Waals surface area contributed by atoms with Crippen LogP contribution in [0.4, 0.5) is 0 Å². The summed E-state index contributed by atoms with van der Waals surface area (Å²) in [5.41, 5.74) is 0.660. The van der Waals surface area contributed by atoms with Crippen molar-refractivity contribution in [2.45, 2.75) is 20.0 Å². The number of aliphatic hydroxyl groups excluding tert-OH is 1. The fourth-order valence-electron chi connectivity index (χ4n) is 1.92. The summed E-state index contributed by atoms with van der Waals surface area (Å²) in [4.78, 5) is 6.62. The highest BCUT2D eigenvalue weighted by atomic mass is 127. The van der Waals surface area contributed by atoms with Gasteiger partial charge in [0.2, 0.25) is 0 Å². The van der Waals surface area contributed by atoms with Crippen molar-refractivity contribution in [1.29, 1.82) is 0 Å². The molecule has 0 bridgehead atoms. The van der Waals surface area contributed by atoms with Crippen LogP contribution in [-0.4, -0.2) is 55.7 Å². The van der Waals surface area contributed by atoms with E-state index in [9.17, 15) is 5.11 Å². The van der Waals surface area contributed by atoms with Crippen LogP contribution in [0.15, 0.2) is 23.2 Å². The summed E-state index contributed by atoms with van der Waals surface area (Å²) < 4.78 is 0. The van der Waals surface area contributed by atoms with Crippen LogP contribution in [0.5, 0.6) is 0 Å². The molecule has 1 aromatic carbocycles. The molecule has 1 aromatic rings. The molecule has 8 heteroatoms. The summed E-state index contributed by atoms with van der Waals surface area (Å²) >= 11 is 11.9. The lowest BCUT2D eigenvalue weighted by molar-refractivity contribution is 0.187. The van der Waals surface area contributed by atoms with E-state index in [0.717, 1.165) is 26.2 Å². The monoisotopic (exact) mass is 488 g/mol. The zero-order chi connectivity index (χ0) is 17.2. The van der Waals surface area contributed by atoms with Crippen LogP contribution < -0.4 is 10.6 Å². The van der Waals surface area contributed by atoms with Crippen molar-refractivity contribution in [3.8, 4) is 0 Å². The summed E-state index contributed by atoms with van der Waals surface area (Å²) in [5.74, 6) is 0.684. The lowest BCUT2D eigenvalue weighted by atomic mass is 10.1. The van der Waals surface area contributed by atoms with Crippen molar-refractivity contribution in [3.05, 3.63) is 33.8 Å². The molecule has 0 aliphatic heterocycles. The summed E-state index contributed by atoms with van der Waals surface area (Å²) in [6.07, 6.45) is -0.750. The van der Waals surface area contributed by atoms with E-state index in [0.29, 0.717) is 21.6 Å². The summed E-state index contributed by atoms with van der Waals surface area (Å²) in [6, 6.07) is 5.03. The van der Waals surface area contributed by atoms with Gasteiger partial charge < -0.3 is 20.6 Å². The summed E-state index contributed by atoms with van der Waals surface area (Å²) in [6.45, 7) is 7.82. The Hall–Kier alpha value is -0.280. The minimum atomic E-state index is -0.750. The Balaban J connectivity index is 0.00000529. The third-order valence-electron chi connectivity index (χ3n) is 3.36. The predicted molar refractivity (Wildman–Crippen MR) is 114 cm³/mol. The molecule has 0 radical (unpaired) electrons. The van der Waals surface area contributed by atoms with Gasteiger partial charge in [-0.15, -0.1) is 24.0 Å². The van der Waals surface area contributed by atoms with Crippen LogP contribution in [0.2, 0.25) is 10.0 Å². The Kier molecular flexibility index (Phi) is 12.8. The van der Waals surface area contributed by atoms with Crippen molar-refractivity contribution in [2.75, 3.05) is 39.8 Å². The number of halogens is 3. The molecule has 1 rings (SSSR count). The molecule has 1 atom stereocenters. The van der Waals surface area contributed by atoms with Gasteiger partial charge in [-0.1, -0.05) is 30.1 Å². The first-order valence-electron chi connectivity index (χ1n) is 7.81. The number of aliphatic hydroxyl groups is 1. The second-order valence-corrected chi connectivity index (χ2v) is 6.13. The van der Waals surface area contributed by atoms with E-state index in [1.807, 2.05) is 6.92 Å². The first-order chi connectivity index (χ1) is 11.0. The topological polar surface area (TPSA) is 59.9 Å². The van der Waals surface area contributed by atoms with E-state index >= 15 is 0 Å². The van der Waals surface area contributed by atoms with Crippen LogP contribution in [0, 0.1) is 0 Å². The molecule has 0 aliphatic rings. The Labute approximate surface area is 171 Å². The smallest absolute Gasteiger partial charge is 0.191 e. The summed E-state index contributed by atoms with van der Waals surface area (Å²) in [5, 5.41) is 17.7. The predicted octanol–water partition coefficient (Wildman–Crippen LogP) is 3.15. The number of nitrogens with zero attached hydrogens (tertiary/aromatic N) is 2. The third kappa shape index (κ3) is 9.27. The molecule has 0 aliphatic carbocycles. The Morgan fingerprint density at radius 1 is 1.21 bits per heavy atom. The molecule has 138 valence electrons. The minimum absolute atomic E-state index is 0. The molecule has 3 N–H and O–H groups in total. The average molecular weight is 489 g/mol. The maximum atomic E-state index is 10.3.